The largest absolute Gasteiger partial charge is 0.322 e. The predicted molar refractivity (Wildman–Crippen MR) is 97.5 cm³/mol. The van der Waals surface area contributed by atoms with E-state index < -0.39 is 0 Å². The molecule has 0 saturated heterocycles. The number of hydrogen-bond donors (Lipinski definition) is 1. The average Bonchev–Trinajstić information content (AvgIpc) is 2.58. The van der Waals surface area contributed by atoms with Crippen LogP contribution < -0.4 is 10.2 Å². The summed E-state index contributed by atoms with van der Waals surface area (Å²) in [6, 6.07) is 11.4. The lowest BCUT2D eigenvalue weighted by atomic mass is 9.91. The number of benzene rings is 2. The van der Waals surface area contributed by atoms with Crippen LogP contribution in [-0.4, -0.2) is 18.4 Å². The van der Waals surface area contributed by atoms with Gasteiger partial charge in [0.25, 0.3) is 5.91 Å². The Labute approximate surface area is 149 Å². The van der Waals surface area contributed by atoms with Crippen molar-refractivity contribution in [3.8, 4) is 0 Å². The first kappa shape index (κ1) is 15.4. The molecule has 0 fully saturated rings. The smallest absolute Gasteiger partial charge is 0.255 e. The number of carbonyl (C=O) groups is 2. The molecule has 2 aliphatic heterocycles. The van der Waals surface area contributed by atoms with Crippen LogP contribution in [-0.2, 0) is 17.6 Å². The second-order valence-corrected chi connectivity index (χ2v) is 7.17. The van der Waals surface area contributed by atoms with E-state index in [9.17, 15) is 9.59 Å². The van der Waals surface area contributed by atoms with Gasteiger partial charge in [0.1, 0.15) is 0 Å². The highest BCUT2D eigenvalue weighted by Crippen LogP contribution is 2.37. The van der Waals surface area contributed by atoms with E-state index in [2.05, 4.69) is 21.2 Å². The number of rotatable bonds is 2. The molecule has 0 radical (unpaired) electrons. The molecule has 2 aromatic rings. The van der Waals surface area contributed by atoms with Gasteiger partial charge < -0.3 is 10.2 Å². The fraction of sp³-hybridized carbons (Fsp3) is 0.263. The van der Waals surface area contributed by atoms with Crippen LogP contribution in [0.15, 0.2) is 40.9 Å². The number of aryl methyl sites for hydroxylation is 2. The predicted octanol–water partition coefficient (Wildman–Crippen LogP) is 3.93. The highest BCUT2D eigenvalue weighted by atomic mass is 79.9. The fourth-order valence-corrected chi connectivity index (χ4v) is 3.96. The zero-order chi connectivity index (χ0) is 16.7. The molecule has 0 aliphatic carbocycles. The monoisotopic (exact) mass is 384 g/mol. The van der Waals surface area contributed by atoms with E-state index in [1.165, 1.54) is 0 Å². The summed E-state index contributed by atoms with van der Waals surface area (Å²) in [6.07, 6.45) is 3.22. The first-order chi connectivity index (χ1) is 11.6. The lowest BCUT2D eigenvalue weighted by molar-refractivity contribution is -0.119. The minimum atomic E-state index is -0.122. The molecule has 1 N–H and O–H groups in total. The normalized spacial score (nSPS) is 15.9. The molecular weight excluding hydrogens is 368 g/mol. The summed E-state index contributed by atoms with van der Waals surface area (Å²) in [5, 5.41) is 3.00. The lowest BCUT2D eigenvalue weighted by Gasteiger charge is -2.35. The first-order valence-corrected chi connectivity index (χ1v) is 8.94. The second-order valence-electron chi connectivity index (χ2n) is 6.26. The Morgan fingerprint density at radius 1 is 1.08 bits per heavy atom. The molecule has 0 bridgehead atoms. The van der Waals surface area contributed by atoms with Gasteiger partial charge in [-0.05, 0) is 60.7 Å². The summed E-state index contributed by atoms with van der Waals surface area (Å²) in [4.78, 5) is 26.5. The summed E-state index contributed by atoms with van der Waals surface area (Å²) in [6.45, 7) is 0.808. The topological polar surface area (TPSA) is 49.4 Å². The van der Waals surface area contributed by atoms with E-state index in [1.54, 1.807) is 12.1 Å². The van der Waals surface area contributed by atoms with Gasteiger partial charge in [0.15, 0.2) is 0 Å². The molecular formula is C19H17BrN2O2. The van der Waals surface area contributed by atoms with Crippen molar-refractivity contribution >= 4 is 39.1 Å². The summed E-state index contributed by atoms with van der Waals surface area (Å²) < 4.78 is 0.879. The lowest BCUT2D eigenvalue weighted by Crippen LogP contribution is -2.39. The minimum Gasteiger partial charge on any atom is -0.322 e. The van der Waals surface area contributed by atoms with Gasteiger partial charge in [0.2, 0.25) is 5.91 Å². The number of carbonyl (C=O) groups excluding carboxylic acids is 2. The standard InChI is InChI=1S/C19H17BrN2O2/c20-15-5-1-3-14(9-15)19(24)21-16-10-12-4-2-8-22-17(23)7-6-13(11-16)18(12)22/h1,3,5,9-11H,2,4,6-8H2,(H,21,24). The van der Waals surface area contributed by atoms with Crippen molar-refractivity contribution in [1.29, 1.82) is 0 Å². The Hall–Kier alpha value is -2.14. The van der Waals surface area contributed by atoms with Gasteiger partial charge in [-0.3, -0.25) is 9.59 Å². The van der Waals surface area contributed by atoms with Crippen LogP contribution in [0, 0.1) is 0 Å². The van der Waals surface area contributed by atoms with Crippen molar-refractivity contribution in [2.75, 3.05) is 16.8 Å². The number of nitrogens with zero attached hydrogens (tertiary/aromatic N) is 1. The second kappa shape index (κ2) is 6.06. The van der Waals surface area contributed by atoms with Gasteiger partial charge in [0, 0.05) is 28.7 Å². The molecule has 0 spiro atoms. The molecule has 2 amide bonds. The molecule has 122 valence electrons. The van der Waals surface area contributed by atoms with Gasteiger partial charge in [0.05, 0.1) is 5.69 Å². The maximum absolute atomic E-state index is 12.5. The van der Waals surface area contributed by atoms with Crippen molar-refractivity contribution in [2.24, 2.45) is 0 Å². The average molecular weight is 385 g/mol. The maximum atomic E-state index is 12.5. The van der Waals surface area contributed by atoms with Crippen LogP contribution in [0.2, 0.25) is 0 Å². The van der Waals surface area contributed by atoms with Gasteiger partial charge in [-0.2, -0.15) is 0 Å². The summed E-state index contributed by atoms with van der Waals surface area (Å²) in [7, 11) is 0. The third kappa shape index (κ3) is 2.73. The van der Waals surface area contributed by atoms with Gasteiger partial charge in [-0.1, -0.05) is 22.0 Å². The summed E-state index contributed by atoms with van der Waals surface area (Å²) >= 11 is 3.39. The van der Waals surface area contributed by atoms with Crippen molar-refractivity contribution < 1.29 is 9.59 Å². The Kier molecular flexibility index (Phi) is 3.88. The third-order valence-corrected chi connectivity index (χ3v) is 5.11. The third-order valence-electron chi connectivity index (χ3n) is 4.62. The van der Waals surface area contributed by atoms with Gasteiger partial charge in [-0.15, -0.1) is 0 Å². The molecule has 0 aromatic heterocycles. The Balaban J connectivity index is 1.66. The zero-order valence-corrected chi connectivity index (χ0v) is 14.7. The molecule has 2 heterocycles. The molecule has 2 aromatic carbocycles. The Morgan fingerprint density at radius 3 is 2.67 bits per heavy atom. The van der Waals surface area contributed by atoms with E-state index in [0.29, 0.717) is 12.0 Å². The SMILES string of the molecule is O=C(Nc1cc2c3c(c1)CCC(=O)N3CCC2)c1cccc(Br)c1. The minimum absolute atomic E-state index is 0.122. The molecule has 0 atom stereocenters. The fourth-order valence-electron chi connectivity index (χ4n) is 3.56. The molecule has 4 nitrogen and oxygen atoms in total. The van der Waals surface area contributed by atoms with E-state index in [1.807, 2.05) is 29.2 Å². The number of amides is 2. The van der Waals surface area contributed by atoms with Crippen molar-refractivity contribution in [2.45, 2.75) is 25.7 Å². The number of anilines is 2. The molecule has 0 unspecified atom stereocenters. The quantitative estimate of drug-likeness (QED) is 0.852. The zero-order valence-electron chi connectivity index (χ0n) is 13.1. The summed E-state index contributed by atoms with van der Waals surface area (Å²) in [5.41, 5.74) is 4.84. The van der Waals surface area contributed by atoms with Crippen LogP contribution in [0.4, 0.5) is 11.4 Å². The van der Waals surface area contributed by atoms with Crippen LogP contribution in [0.1, 0.15) is 34.3 Å². The van der Waals surface area contributed by atoms with Crippen LogP contribution >= 0.6 is 15.9 Å². The molecule has 0 saturated carbocycles. The van der Waals surface area contributed by atoms with E-state index >= 15 is 0 Å². The number of hydrogen-bond acceptors (Lipinski definition) is 2. The van der Waals surface area contributed by atoms with Crippen LogP contribution in [0.25, 0.3) is 0 Å². The Morgan fingerprint density at radius 2 is 1.88 bits per heavy atom. The highest BCUT2D eigenvalue weighted by molar-refractivity contribution is 9.10. The number of nitrogens with one attached hydrogen (secondary N) is 1. The molecule has 2 aliphatic rings. The van der Waals surface area contributed by atoms with Gasteiger partial charge >= 0.3 is 0 Å². The molecule has 4 rings (SSSR count). The maximum Gasteiger partial charge on any atom is 0.255 e. The summed E-state index contributed by atoms with van der Waals surface area (Å²) in [5.74, 6) is 0.0948. The molecule has 24 heavy (non-hydrogen) atoms. The van der Waals surface area contributed by atoms with E-state index in [4.69, 9.17) is 0 Å². The van der Waals surface area contributed by atoms with Crippen molar-refractivity contribution in [1.82, 2.24) is 0 Å². The Bertz CT molecular complexity index is 830. The first-order valence-electron chi connectivity index (χ1n) is 8.15. The van der Waals surface area contributed by atoms with Crippen molar-refractivity contribution in [3.05, 3.63) is 57.6 Å². The molecule has 5 heteroatoms. The van der Waals surface area contributed by atoms with Crippen LogP contribution in [0.5, 0.6) is 0 Å². The van der Waals surface area contributed by atoms with Crippen molar-refractivity contribution in [3.63, 3.8) is 0 Å². The van der Waals surface area contributed by atoms with E-state index in [0.717, 1.165) is 52.8 Å². The highest BCUT2D eigenvalue weighted by Gasteiger charge is 2.29. The van der Waals surface area contributed by atoms with E-state index in [-0.39, 0.29) is 11.8 Å². The van der Waals surface area contributed by atoms with Crippen LogP contribution in [0.3, 0.4) is 0 Å². The number of halogens is 1. The van der Waals surface area contributed by atoms with Gasteiger partial charge in [-0.25, -0.2) is 0 Å².